The van der Waals surface area contributed by atoms with Crippen LogP contribution in [0, 0.1) is 5.92 Å². The second-order valence-electron chi connectivity index (χ2n) is 7.03. The lowest BCUT2D eigenvalue weighted by molar-refractivity contribution is 0.153. The lowest BCUT2D eigenvalue weighted by Crippen LogP contribution is -2.38. The summed E-state index contributed by atoms with van der Waals surface area (Å²) in [5.41, 5.74) is 2.53. The summed E-state index contributed by atoms with van der Waals surface area (Å²) in [5, 5.41) is 3.45. The van der Waals surface area contributed by atoms with Crippen LogP contribution in [0.2, 0.25) is 0 Å². The molecule has 0 saturated carbocycles. The van der Waals surface area contributed by atoms with Gasteiger partial charge in [-0.05, 0) is 11.6 Å². The number of nitrogens with one attached hydrogen (secondary N) is 1. The van der Waals surface area contributed by atoms with E-state index in [1.165, 1.54) is 17.2 Å². The highest BCUT2D eigenvalue weighted by Gasteiger charge is 2.35. The summed E-state index contributed by atoms with van der Waals surface area (Å²) >= 11 is 0. The molecule has 1 N–H and O–H groups in total. The van der Waals surface area contributed by atoms with E-state index in [-0.39, 0.29) is 17.2 Å². The van der Waals surface area contributed by atoms with Crippen molar-refractivity contribution >= 4 is 16.9 Å². The monoisotopic (exact) mass is 353 g/mol. The van der Waals surface area contributed by atoms with Crippen molar-refractivity contribution < 1.29 is 4.74 Å². The molecule has 0 amide bonds. The highest BCUT2D eigenvalue weighted by molar-refractivity contribution is 5.72. The predicted octanol–water partition coefficient (Wildman–Crippen LogP) is 0.652. The SMILES string of the molecule is Cn1c(=O)c2c(nc3n2CC(C2CNc4ccccc42)CO3)n(C)c1=O. The Bertz CT molecular complexity index is 1160. The molecule has 0 spiro atoms. The minimum Gasteiger partial charge on any atom is -0.464 e. The molecule has 8 heteroatoms. The molecular weight excluding hydrogens is 334 g/mol. The molecular formula is C18H19N5O3. The van der Waals surface area contributed by atoms with E-state index in [1.54, 1.807) is 7.05 Å². The van der Waals surface area contributed by atoms with Crippen LogP contribution >= 0.6 is 0 Å². The largest absolute Gasteiger partial charge is 0.464 e. The van der Waals surface area contributed by atoms with E-state index >= 15 is 0 Å². The van der Waals surface area contributed by atoms with Crippen LogP contribution in [-0.4, -0.2) is 31.8 Å². The number of imidazole rings is 1. The van der Waals surface area contributed by atoms with Crippen molar-refractivity contribution in [3.63, 3.8) is 0 Å². The molecule has 0 saturated heterocycles. The number of benzene rings is 1. The molecule has 4 heterocycles. The fourth-order valence-corrected chi connectivity index (χ4v) is 4.15. The molecule has 2 aromatic heterocycles. The summed E-state index contributed by atoms with van der Waals surface area (Å²) in [6.07, 6.45) is 0. The standard InChI is InChI=1S/C18H19N5O3/c1-21-15-14(16(24)22(2)18(21)25)23-8-10(9-26-17(23)20-15)12-7-19-13-6-4-3-5-11(12)13/h3-6,10,12,19H,7-9H2,1-2H3. The van der Waals surface area contributed by atoms with Crippen molar-refractivity contribution in [2.45, 2.75) is 12.5 Å². The Morgan fingerprint density at radius 1 is 1.19 bits per heavy atom. The van der Waals surface area contributed by atoms with Gasteiger partial charge in [0.05, 0.1) is 6.61 Å². The fourth-order valence-electron chi connectivity index (χ4n) is 4.15. The van der Waals surface area contributed by atoms with Crippen LogP contribution in [0.15, 0.2) is 33.9 Å². The van der Waals surface area contributed by atoms with Gasteiger partial charge in [0.25, 0.3) is 11.6 Å². The molecule has 0 fully saturated rings. The number of aromatic nitrogens is 4. The van der Waals surface area contributed by atoms with Crippen molar-refractivity contribution in [2.24, 2.45) is 20.0 Å². The van der Waals surface area contributed by atoms with E-state index in [2.05, 4.69) is 22.4 Å². The number of anilines is 1. The maximum atomic E-state index is 12.7. The summed E-state index contributed by atoms with van der Waals surface area (Å²) in [5.74, 6) is 0.533. The maximum absolute atomic E-state index is 12.7. The Morgan fingerprint density at radius 3 is 2.85 bits per heavy atom. The lowest BCUT2D eigenvalue weighted by atomic mass is 9.87. The van der Waals surface area contributed by atoms with Gasteiger partial charge in [0, 0.05) is 44.7 Å². The van der Waals surface area contributed by atoms with Crippen molar-refractivity contribution in [1.29, 1.82) is 0 Å². The first-order chi connectivity index (χ1) is 12.6. The highest BCUT2D eigenvalue weighted by Crippen LogP contribution is 2.39. The van der Waals surface area contributed by atoms with Crippen LogP contribution in [0.1, 0.15) is 11.5 Å². The summed E-state index contributed by atoms with van der Waals surface area (Å²) in [6.45, 7) is 2.03. The zero-order valence-electron chi connectivity index (χ0n) is 14.6. The van der Waals surface area contributed by atoms with Crippen molar-refractivity contribution in [1.82, 2.24) is 18.7 Å². The number of hydrogen-bond acceptors (Lipinski definition) is 5. The number of fused-ring (bicyclic) bond motifs is 4. The second kappa shape index (κ2) is 5.23. The molecule has 134 valence electrons. The Hall–Kier alpha value is -3.03. The topological polar surface area (TPSA) is 83.1 Å². The molecule has 1 aromatic carbocycles. The van der Waals surface area contributed by atoms with Crippen LogP contribution < -0.4 is 21.3 Å². The minimum absolute atomic E-state index is 0.220. The molecule has 5 rings (SSSR count). The molecule has 0 radical (unpaired) electrons. The third-order valence-electron chi connectivity index (χ3n) is 5.60. The van der Waals surface area contributed by atoms with Gasteiger partial charge in [0.2, 0.25) is 0 Å². The third-order valence-corrected chi connectivity index (χ3v) is 5.60. The molecule has 2 atom stereocenters. The average Bonchev–Trinajstić information content (AvgIpc) is 3.25. The number of hydrogen-bond donors (Lipinski definition) is 1. The molecule has 2 aliphatic heterocycles. The summed E-state index contributed by atoms with van der Waals surface area (Å²) in [6, 6.07) is 8.71. The smallest absolute Gasteiger partial charge is 0.332 e. The molecule has 8 nitrogen and oxygen atoms in total. The van der Waals surface area contributed by atoms with Gasteiger partial charge >= 0.3 is 5.69 Å². The van der Waals surface area contributed by atoms with E-state index in [9.17, 15) is 9.59 Å². The van der Waals surface area contributed by atoms with Crippen LogP contribution in [0.3, 0.4) is 0 Å². The van der Waals surface area contributed by atoms with Gasteiger partial charge in [-0.15, -0.1) is 0 Å². The van der Waals surface area contributed by atoms with E-state index < -0.39 is 0 Å². The van der Waals surface area contributed by atoms with Gasteiger partial charge in [-0.25, -0.2) is 4.79 Å². The highest BCUT2D eigenvalue weighted by atomic mass is 16.5. The first-order valence-electron chi connectivity index (χ1n) is 8.68. The first-order valence-corrected chi connectivity index (χ1v) is 8.68. The summed E-state index contributed by atoms with van der Waals surface area (Å²) < 4.78 is 10.2. The van der Waals surface area contributed by atoms with Crippen molar-refractivity contribution in [2.75, 3.05) is 18.5 Å². The lowest BCUT2D eigenvalue weighted by Gasteiger charge is -2.28. The molecule has 0 aliphatic carbocycles. The number of aryl methyl sites for hydroxylation is 1. The number of rotatable bonds is 1. The zero-order valence-corrected chi connectivity index (χ0v) is 14.6. The van der Waals surface area contributed by atoms with Gasteiger partial charge in [0.15, 0.2) is 11.2 Å². The second-order valence-corrected chi connectivity index (χ2v) is 7.03. The summed E-state index contributed by atoms with van der Waals surface area (Å²) in [7, 11) is 3.11. The van der Waals surface area contributed by atoms with Gasteiger partial charge in [-0.2, -0.15) is 4.98 Å². The predicted molar refractivity (Wildman–Crippen MR) is 96.9 cm³/mol. The quantitative estimate of drug-likeness (QED) is 0.695. The van der Waals surface area contributed by atoms with Gasteiger partial charge < -0.3 is 10.1 Å². The number of nitrogens with zero attached hydrogens (tertiary/aromatic N) is 4. The van der Waals surface area contributed by atoms with Crippen LogP contribution in [-0.2, 0) is 20.6 Å². The molecule has 2 aliphatic rings. The average molecular weight is 353 g/mol. The minimum atomic E-state index is -0.386. The molecule has 26 heavy (non-hydrogen) atoms. The van der Waals surface area contributed by atoms with Gasteiger partial charge in [-0.1, -0.05) is 18.2 Å². The van der Waals surface area contributed by atoms with Crippen LogP contribution in [0.5, 0.6) is 6.01 Å². The molecule has 3 aromatic rings. The third kappa shape index (κ3) is 1.92. The van der Waals surface area contributed by atoms with E-state index in [1.807, 2.05) is 16.7 Å². The first kappa shape index (κ1) is 15.2. The van der Waals surface area contributed by atoms with Crippen molar-refractivity contribution in [3.05, 3.63) is 50.7 Å². The fraction of sp³-hybridized carbons (Fsp3) is 0.389. The molecule has 0 bridgehead atoms. The number of para-hydroxylation sites is 1. The Kier molecular flexibility index (Phi) is 3.07. The van der Waals surface area contributed by atoms with Crippen LogP contribution in [0.25, 0.3) is 11.2 Å². The van der Waals surface area contributed by atoms with Gasteiger partial charge in [0.1, 0.15) is 0 Å². The Balaban J connectivity index is 1.62. The van der Waals surface area contributed by atoms with Crippen molar-refractivity contribution in [3.8, 4) is 6.01 Å². The Morgan fingerprint density at radius 2 is 2.00 bits per heavy atom. The number of ether oxygens (including phenoxy) is 1. The summed E-state index contributed by atoms with van der Waals surface area (Å²) in [4.78, 5) is 29.2. The van der Waals surface area contributed by atoms with E-state index in [0.29, 0.717) is 36.2 Å². The zero-order chi connectivity index (χ0) is 18.0. The van der Waals surface area contributed by atoms with Crippen LogP contribution in [0.4, 0.5) is 5.69 Å². The molecule has 2 unspecified atom stereocenters. The maximum Gasteiger partial charge on any atom is 0.332 e. The normalized spacial score (nSPS) is 21.2. The van der Waals surface area contributed by atoms with Gasteiger partial charge in [-0.3, -0.25) is 18.5 Å². The van der Waals surface area contributed by atoms with E-state index in [4.69, 9.17) is 4.74 Å². The van der Waals surface area contributed by atoms with E-state index in [0.717, 1.165) is 16.8 Å². The Labute approximate surface area is 148 Å².